The fourth-order valence-corrected chi connectivity index (χ4v) is 1.46. The summed E-state index contributed by atoms with van der Waals surface area (Å²) in [4.78, 5) is 2.13. The largest absolute Gasteiger partial charge is 0.299 e. The molecule has 1 aliphatic rings. The molecule has 0 bridgehead atoms. The lowest BCUT2D eigenvalue weighted by Gasteiger charge is -2.08. The predicted octanol–water partition coefficient (Wildman–Crippen LogP) is -0.237. The molecule has 1 fully saturated rings. The Kier molecular flexibility index (Phi) is 2.89. The predicted molar refractivity (Wildman–Crippen MR) is 40.7 cm³/mol. The SMILES string of the molecule is O=S(=O)=CCN1CCCC1. The first-order chi connectivity index (χ1) is 4.79. The molecule has 4 heteroatoms. The summed E-state index contributed by atoms with van der Waals surface area (Å²) in [5, 5.41) is 1.31. The van der Waals surface area contributed by atoms with Gasteiger partial charge >= 0.3 is 0 Å². The zero-order chi connectivity index (χ0) is 7.40. The molecule has 0 aromatic rings. The van der Waals surface area contributed by atoms with E-state index in [0.717, 1.165) is 13.1 Å². The average Bonchev–Trinajstić information content (AvgIpc) is 2.34. The second kappa shape index (κ2) is 3.73. The Morgan fingerprint density at radius 3 is 2.40 bits per heavy atom. The molecule has 0 unspecified atom stereocenters. The first kappa shape index (κ1) is 7.75. The van der Waals surface area contributed by atoms with E-state index in [0.29, 0.717) is 6.54 Å². The summed E-state index contributed by atoms with van der Waals surface area (Å²) in [7, 11) is -1.98. The summed E-state index contributed by atoms with van der Waals surface area (Å²) < 4.78 is 20.1. The van der Waals surface area contributed by atoms with Crippen LogP contribution in [0.25, 0.3) is 0 Å². The number of hydrogen-bond acceptors (Lipinski definition) is 3. The van der Waals surface area contributed by atoms with Crippen LogP contribution in [0.5, 0.6) is 0 Å². The van der Waals surface area contributed by atoms with E-state index in [9.17, 15) is 8.42 Å². The lowest BCUT2D eigenvalue weighted by Crippen LogP contribution is -2.21. The van der Waals surface area contributed by atoms with Gasteiger partial charge in [-0.05, 0) is 25.9 Å². The minimum atomic E-state index is -1.98. The van der Waals surface area contributed by atoms with E-state index >= 15 is 0 Å². The van der Waals surface area contributed by atoms with Crippen LogP contribution >= 0.6 is 0 Å². The van der Waals surface area contributed by atoms with Crippen LogP contribution in [-0.2, 0) is 10.3 Å². The molecule has 10 heavy (non-hydrogen) atoms. The summed E-state index contributed by atoms with van der Waals surface area (Å²) in [6, 6.07) is 0. The van der Waals surface area contributed by atoms with Crippen molar-refractivity contribution in [3.63, 3.8) is 0 Å². The first-order valence-corrected chi connectivity index (χ1v) is 4.56. The van der Waals surface area contributed by atoms with Crippen LogP contribution < -0.4 is 0 Å². The highest BCUT2D eigenvalue weighted by molar-refractivity contribution is 7.71. The Morgan fingerprint density at radius 1 is 1.30 bits per heavy atom. The van der Waals surface area contributed by atoms with E-state index in [1.54, 1.807) is 0 Å². The van der Waals surface area contributed by atoms with Crippen LogP contribution in [0.4, 0.5) is 0 Å². The van der Waals surface area contributed by atoms with Crippen LogP contribution in [0.15, 0.2) is 0 Å². The Morgan fingerprint density at radius 2 is 1.90 bits per heavy atom. The molecule has 0 radical (unpaired) electrons. The highest BCUT2D eigenvalue weighted by Crippen LogP contribution is 2.04. The second-order valence-corrected chi connectivity index (χ2v) is 3.29. The second-order valence-electron chi connectivity index (χ2n) is 2.43. The van der Waals surface area contributed by atoms with Crippen molar-refractivity contribution >= 4 is 15.7 Å². The van der Waals surface area contributed by atoms with Gasteiger partial charge in [0.15, 0.2) is 0 Å². The van der Waals surface area contributed by atoms with Crippen molar-refractivity contribution in [2.75, 3.05) is 19.6 Å². The summed E-state index contributed by atoms with van der Waals surface area (Å²) >= 11 is 0. The maximum absolute atomic E-state index is 10.1. The average molecular weight is 161 g/mol. The van der Waals surface area contributed by atoms with E-state index in [4.69, 9.17) is 0 Å². The number of likely N-dealkylation sites (tertiary alicyclic amines) is 1. The molecule has 1 aliphatic heterocycles. The van der Waals surface area contributed by atoms with Crippen molar-refractivity contribution in [2.45, 2.75) is 12.8 Å². The number of rotatable bonds is 2. The van der Waals surface area contributed by atoms with Crippen molar-refractivity contribution < 1.29 is 8.42 Å². The lowest BCUT2D eigenvalue weighted by atomic mass is 10.4. The molecule has 0 aliphatic carbocycles. The molecule has 0 N–H and O–H groups in total. The van der Waals surface area contributed by atoms with E-state index < -0.39 is 10.3 Å². The summed E-state index contributed by atoms with van der Waals surface area (Å²) in [5.74, 6) is 0. The van der Waals surface area contributed by atoms with Crippen molar-refractivity contribution in [3.8, 4) is 0 Å². The first-order valence-electron chi connectivity index (χ1n) is 3.43. The molecule has 1 saturated heterocycles. The van der Waals surface area contributed by atoms with Gasteiger partial charge < -0.3 is 0 Å². The quantitative estimate of drug-likeness (QED) is 0.525. The monoisotopic (exact) mass is 161 g/mol. The van der Waals surface area contributed by atoms with Crippen LogP contribution in [0.2, 0.25) is 0 Å². The zero-order valence-electron chi connectivity index (χ0n) is 5.78. The standard InChI is InChI=1S/C6H11NO2S/c8-10(9)6-5-7-3-1-2-4-7/h6H,1-5H2. The number of hydrogen-bond donors (Lipinski definition) is 0. The third-order valence-electron chi connectivity index (χ3n) is 1.67. The van der Waals surface area contributed by atoms with Crippen LogP contribution in [0, 0.1) is 0 Å². The van der Waals surface area contributed by atoms with Gasteiger partial charge in [0.2, 0.25) is 10.3 Å². The highest BCUT2D eigenvalue weighted by Gasteiger charge is 2.08. The van der Waals surface area contributed by atoms with Gasteiger partial charge in [-0.3, -0.25) is 4.90 Å². The summed E-state index contributed by atoms with van der Waals surface area (Å²) in [6.07, 6.45) is 2.42. The van der Waals surface area contributed by atoms with Crippen LogP contribution in [0.3, 0.4) is 0 Å². The molecule has 1 heterocycles. The fraction of sp³-hybridized carbons (Fsp3) is 0.833. The molecule has 0 atom stereocenters. The van der Waals surface area contributed by atoms with E-state index in [1.165, 1.54) is 18.2 Å². The maximum Gasteiger partial charge on any atom is 0.211 e. The normalized spacial score (nSPS) is 19.2. The molecule has 0 saturated carbocycles. The molecule has 1 rings (SSSR count). The van der Waals surface area contributed by atoms with Crippen LogP contribution in [-0.4, -0.2) is 38.3 Å². The zero-order valence-corrected chi connectivity index (χ0v) is 6.60. The van der Waals surface area contributed by atoms with Crippen molar-refractivity contribution in [1.29, 1.82) is 0 Å². The fourth-order valence-electron chi connectivity index (χ4n) is 1.13. The van der Waals surface area contributed by atoms with Gasteiger partial charge in [0.1, 0.15) is 0 Å². The van der Waals surface area contributed by atoms with Crippen molar-refractivity contribution in [2.24, 2.45) is 0 Å². The number of nitrogens with zero attached hydrogens (tertiary/aromatic N) is 1. The summed E-state index contributed by atoms with van der Waals surface area (Å²) in [5.41, 5.74) is 0. The molecule has 0 amide bonds. The highest BCUT2D eigenvalue weighted by atomic mass is 32.2. The van der Waals surface area contributed by atoms with Gasteiger partial charge in [-0.15, -0.1) is 0 Å². The van der Waals surface area contributed by atoms with Crippen molar-refractivity contribution in [3.05, 3.63) is 0 Å². The lowest BCUT2D eigenvalue weighted by molar-refractivity contribution is 0.392. The van der Waals surface area contributed by atoms with Gasteiger partial charge in [-0.1, -0.05) is 0 Å². The minimum Gasteiger partial charge on any atom is -0.299 e. The van der Waals surface area contributed by atoms with Gasteiger partial charge in [0.05, 0.1) is 0 Å². The molecule has 0 aromatic carbocycles. The van der Waals surface area contributed by atoms with E-state index in [-0.39, 0.29) is 0 Å². The molecule has 58 valence electrons. The smallest absolute Gasteiger partial charge is 0.211 e. The van der Waals surface area contributed by atoms with Gasteiger partial charge in [-0.25, -0.2) is 0 Å². The topological polar surface area (TPSA) is 37.4 Å². The van der Waals surface area contributed by atoms with Gasteiger partial charge in [-0.2, -0.15) is 8.42 Å². The Bertz CT molecular complexity index is 206. The molecule has 3 nitrogen and oxygen atoms in total. The Labute approximate surface area is 62.2 Å². The van der Waals surface area contributed by atoms with Gasteiger partial charge in [0.25, 0.3) is 0 Å². The third-order valence-corrected chi connectivity index (χ3v) is 2.09. The van der Waals surface area contributed by atoms with Gasteiger partial charge in [0, 0.05) is 11.9 Å². The van der Waals surface area contributed by atoms with Crippen molar-refractivity contribution in [1.82, 2.24) is 4.90 Å². The molecular weight excluding hydrogens is 150 g/mol. The van der Waals surface area contributed by atoms with E-state index in [2.05, 4.69) is 4.90 Å². The maximum atomic E-state index is 10.1. The minimum absolute atomic E-state index is 0.593. The summed E-state index contributed by atoms with van der Waals surface area (Å²) in [6.45, 7) is 2.69. The van der Waals surface area contributed by atoms with Crippen LogP contribution in [0.1, 0.15) is 12.8 Å². The molecule has 0 aromatic heterocycles. The third kappa shape index (κ3) is 2.49. The molecular formula is C6H11NO2S. The Hall–Kier alpha value is -0.350. The van der Waals surface area contributed by atoms with E-state index in [1.807, 2.05) is 0 Å². The Balaban J connectivity index is 2.32. The molecule has 0 spiro atoms.